The van der Waals surface area contributed by atoms with Gasteiger partial charge in [-0.25, -0.2) is 4.68 Å². The number of likely N-dealkylation sites (N-methyl/N-ethyl adjacent to an activating group) is 1. The lowest BCUT2D eigenvalue weighted by atomic mass is 10.0. The average Bonchev–Trinajstić information content (AvgIpc) is 3.35. The first-order chi connectivity index (χ1) is 15.0. The zero-order valence-corrected chi connectivity index (χ0v) is 18.9. The van der Waals surface area contributed by atoms with Gasteiger partial charge < -0.3 is 15.0 Å². The topological polar surface area (TPSA) is 59.4 Å². The highest BCUT2D eigenvalue weighted by Gasteiger charge is 2.21. The first-order valence-electron chi connectivity index (χ1n) is 10.1. The Kier molecular flexibility index (Phi) is 6.06. The minimum absolute atomic E-state index is 0.00368. The quantitative estimate of drug-likeness (QED) is 0.467. The van der Waals surface area contributed by atoms with Gasteiger partial charge in [-0.05, 0) is 45.3 Å². The van der Waals surface area contributed by atoms with Gasteiger partial charge >= 0.3 is 0 Å². The number of hydrogen-bond acceptors (Lipinski definition) is 5. The van der Waals surface area contributed by atoms with Gasteiger partial charge in [0.25, 0.3) is 5.91 Å². The highest BCUT2D eigenvalue weighted by molar-refractivity contribution is 7.20. The maximum atomic E-state index is 13.0. The zero-order valence-electron chi connectivity index (χ0n) is 18.1. The number of carbonyl (C=O) groups is 1. The molecule has 6 nitrogen and oxygen atoms in total. The summed E-state index contributed by atoms with van der Waals surface area (Å²) in [4.78, 5) is 16.7. The van der Waals surface area contributed by atoms with Crippen LogP contribution in [0.3, 0.4) is 0 Å². The maximum absolute atomic E-state index is 13.0. The van der Waals surface area contributed by atoms with Crippen LogP contribution < -0.4 is 10.1 Å². The van der Waals surface area contributed by atoms with Crippen molar-refractivity contribution in [2.45, 2.75) is 13.0 Å². The summed E-state index contributed by atoms with van der Waals surface area (Å²) < 4.78 is 7.43. The van der Waals surface area contributed by atoms with E-state index in [9.17, 15) is 4.79 Å². The van der Waals surface area contributed by atoms with E-state index < -0.39 is 0 Å². The summed E-state index contributed by atoms with van der Waals surface area (Å²) in [6, 6.07) is 19.8. The molecule has 1 amide bonds. The number of ether oxygens (including phenoxy) is 1. The smallest absolute Gasteiger partial charge is 0.261 e. The number of carbonyl (C=O) groups excluding carboxylic acids is 1. The fourth-order valence-electron chi connectivity index (χ4n) is 3.69. The minimum atomic E-state index is -0.0815. The van der Waals surface area contributed by atoms with E-state index in [0.29, 0.717) is 11.4 Å². The maximum Gasteiger partial charge on any atom is 0.261 e. The number of thiophene rings is 1. The van der Waals surface area contributed by atoms with Crippen molar-refractivity contribution in [2.75, 3.05) is 27.7 Å². The van der Waals surface area contributed by atoms with Crippen LogP contribution in [0.4, 0.5) is 0 Å². The fraction of sp³-hybridized carbons (Fsp3) is 0.250. The van der Waals surface area contributed by atoms with Crippen LogP contribution in [-0.4, -0.2) is 48.3 Å². The van der Waals surface area contributed by atoms with E-state index in [-0.39, 0.29) is 11.9 Å². The third-order valence-electron chi connectivity index (χ3n) is 5.35. The van der Waals surface area contributed by atoms with Crippen LogP contribution in [0.1, 0.15) is 27.0 Å². The standard InChI is InChI=1S/C24H26N4O2S/c1-16-19-14-22(31-24(19)28(26-16)17-10-6-5-7-11-17)23(29)25-15-20(27(2)3)18-12-8-9-13-21(18)30-4/h5-14,20H,15H2,1-4H3,(H,25,29). The van der Waals surface area contributed by atoms with Crippen LogP contribution in [0.25, 0.3) is 15.9 Å². The van der Waals surface area contributed by atoms with Crippen LogP contribution in [0, 0.1) is 6.92 Å². The highest BCUT2D eigenvalue weighted by Crippen LogP contribution is 2.31. The SMILES string of the molecule is COc1ccccc1C(CNC(=O)c1cc2c(C)nn(-c3ccccc3)c2s1)N(C)C. The number of aryl methyl sites for hydroxylation is 1. The fourth-order valence-corrected chi connectivity index (χ4v) is 4.79. The van der Waals surface area contributed by atoms with Gasteiger partial charge in [-0.15, -0.1) is 11.3 Å². The molecule has 0 aliphatic carbocycles. The molecule has 0 saturated heterocycles. The molecule has 7 heteroatoms. The Bertz CT molecular complexity index is 1200. The first kappa shape index (κ1) is 21.1. The molecule has 4 rings (SSSR count). The van der Waals surface area contributed by atoms with E-state index in [1.807, 2.05) is 86.4 Å². The molecular weight excluding hydrogens is 408 g/mol. The second kappa shape index (κ2) is 8.91. The molecule has 160 valence electrons. The molecule has 1 unspecified atom stereocenters. The Morgan fingerprint density at radius 3 is 2.58 bits per heavy atom. The van der Waals surface area contributed by atoms with E-state index >= 15 is 0 Å². The molecule has 1 atom stereocenters. The monoisotopic (exact) mass is 434 g/mol. The van der Waals surface area contributed by atoms with Gasteiger partial charge in [0.2, 0.25) is 0 Å². The lowest BCUT2D eigenvalue weighted by Gasteiger charge is -2.26. The number of hydrogen-bond donors (Lipinski definition) is 1. The Balaban J connectivity index is 1.57. The van der Waals surface area contributed by atoms with Crippen molar-refractivity contribution >= 4 is 27.5 Å². The third kappa shape index (κ3) is 4.19. The molecule has 2 aromatic heterocycles. The van der Waals surface area contributed by atoms with Crippen LogP contribution in [-0.2, 0) is 0 Å². The van der Waals surface area contributed by atoms with Crippen LogP contribution >= 0.6 is 11.3 Å². The van der Waals surface area contributed by atoms with Gasteiger partial charge in [-0.3, -0.25) is 4.79 Å². The predicted octanol–water partition coefficient (Wildman–Crippen LogP) is 4.44. The van der Waals surface area contributed by atoms with Gasteiger partial charge in [-0.1, -0.05) is 36.4 Å². The predicted molar refractivity (Wildman–Crippen MR) is 125 cm³/mol. The van der Waals surface area contributed by atoms with E-state index in [4.69, 9.17) is 4.74 Å². The Hall–Kier alpha value is -3.16. The number of nitrogens with one attached hydrogen (secondary N) is 1. The Labute approximate surface area is 186 Å². The van der Waals surface area contributed by atoms with Crippen LogP contribution in [0.5, 0.6) is 5.75 Å². The van der Waals surface area contributed by atoms with Crippen molar-refractivity contribution in [2.24, 2.45) is 0 Å². The van der Waals surface area contributed by atoms with Crippen molar-refractivity contribution < 1.29 is 9.53 Å². The minimum Gasteiger partial charge on any atom is -0.496 e. The second-order valence-electron chi connectivity index (χ2n) is 7.59. The summed E-state index contributed by atoms with van der Waals surface area (Å²) in [6.45, 7) is 2.45. The Morgan fingerprint density at radius 1 is 1.16 bits per heavy atom. The van der Waals surface area contributed by atoms with E-state index in [1.165, 1.54) is 11.3 Å². The largest absolute Gasteiger partial charge is 0.496 e. The summed E-state index contributed by atoms with van der Waals surface area (Å²) in [7, 11) is 5.67. The van der Waals surface area contributed by atoms with Gasteiger partial charge in [0.05, 0.1) is 29.4 Å². The number of benzene rings is 2. The molecule has 0 fully saturated rings. The van der Waals surface area contributed by atoms with Gasteiger partial charge in [0, 0.05) is 17.5 Å². The lowest BCUT2D eigenvalue weighted by Crippen LogP contribution is -2.34. The van der Waals surface area contributed by atoms with Gasteiger partial charge in [0.15, 0.2) is 0 Å². The summed E-state index contributed by atoms with van der Waals surface area (Å²) >= 11 is 1.46. The van der Waals surface area contributed by atoms with Crippen molar-refractivity contribution in [1.82, 2.24) is 20.0 Å². The van der Waals surface area contributed by atoms with Crippen LogP contribution in [0.15, 0.2) is 60.7 Å². The second-order valence-corrected chi connectivity index (χ2v) is 8.62. The van der Waals surface area contributed by atoms with Gasteiger partial charge in [-0.2, -0.15) is 5.10 Å². The van der Waals surface area contributed by atoms with Crippen molar-refractivity contribution in [1.29, 1.82) is 0 Å². The summed E-state index contributed by atoms with van der Waals surface area (Å²) in [5.74, 6) is 0.734. The molecule has 2 heterocycles. The van der Waals surface area contributed by atoms with Gasteiger partial charge in [0.1, 0.15) is 10.6 Å². The van der Waals surface area contributed by atoms with E-state index in [1.54, 1.807) is 7.11 Å². The summed E-state index contributed by atoms with van der Waals surface area (Å²) in [5, 5.41) is 8.76. The third-order valence-corrected chi connectivity index (χ3v) is 6.46. The molecule has 31 heavy (non-hydrogen) atoms. The molecule has 0 spiro atoms. The number of nitrogens with zero attached hydrogens (tertiary/aromatic N) is 3. The molecule has 0 aliphatic rings. The number of rotatable bonds is 7. The van der Waals surface area contributed by atoms with Crippen molar-refractivity contribution in [3.8, 4) is 11.4 Å². The molecule has 1 N–H and O–H groups in total. The number of fused-ring (bicyclic) bond motifs is 1. The Morgan fingerprint density at radius 2 is 1.87 bits per heavy atom. The molecular formula is C24H26N4O2S. The molecule has 0 aliphatic heterocycles. The zero-order chi connectivity index (χ0) is 22.0. The number of aromatic nitrogens is 2. The molecule has 0 bridgehead atoms. The average molecular weight is 435 g/mol. The molecule has 4 aromatic rings. The van der Waals surface area contributed by atoms with E-state index in [0.717, 1.165) is 32.9 Å². The molecule has 2 aromatic carbocycles. The highest BCUT2D eigenvalue weighted by atomic mass is 32.1. The lowest BCUT2D eigenvalue weighted by molar-refractivity contribution is 0.0945. The number of amides is 1. The van der Waals surface area contributed by atoms with Crippen LogP contribution in [0.2, 0.25) is 0 Å². The van der Waals surface area contributed by atoms with Crippen molar-refractivity contribution in [3.63, 3.8) is 0 Å². The number of methoxy groups -OCH3 is 1. The summed E-state index contributed by atoms with van der Waals surface area (Å²) in [6.07, 6.45) is 0. The normalized spacial score (nSPS) is 12.3. The molecule has 0 saturated carbocycles. The van der Waals surface area contributed by atoms with E-state index in [2.05, 4.69) is 15.3 Å². The van der Waals surface area contributed by atoms with Crippen molar-refractivity contribution in [3.05, 3.63) is 76.8 Å². The first-order valence-corrected chi connectivity index (χ1v) is 10.9. The summed E-state index contributed by atoms with van der Waals surface area (Å²) in [5.41, 5.74) is 2.94. The number of para-hydroxylation sites is 2. The molecule has 0 radical (unpaired) electrons.